The van der Waals surface area contributed by atoms with Crippen LogP contribution in [0.4, 0.5) is 0 Å². The highest BCUT2D eigenvalue weighted by Gasteiger charge is 2.28. The van der Waals surface area contributed by atoms with Gasteiger partial charge in [-0.05, 0) is 6.07 Å². The molecule has 6 heteroatoms. The van der Waals surface area contributed by atoms with Crippen molar-refractivity contribution in [2.24, 2.45) is 0 Å². The van der Waals surface area contributed by atoms with E-state index < -0.39 is 12.0 Å². The zero-order chi connectivity index (χ0) is 12.4. The third-order valence-corrected chi connectivity index (χ3v) is 3.47. The van der Waals surface area contributed by atoms with E-state index in [0.29, 0.717) is 16.6 Å². The Hall–Kier alpha value is -0.810. The molecule has 1 fully saturated rings. The molecule has 2 N–H and O–H groups in total. The van der Waals surface area contributed by atoms with E-state index in [1.165, 1.54) is 0 Å². The van der Waals surface area contributed by atoms with Gasteiger partial charge in [-0.25, -0.2) is 0 Å². The third kappa shape index (κ3) is 2.72. The van der Waals surface area contributed by atoms with Crippen LogP contribution in [-0.2, 0) is 9.53 Å². The van der Waals surface area contributed by atoms with Gasteiger partial charge in [-0.1, -0.05) is 35.3 Å². The average molecular weight is 276 g/mol. The Bertz CT molecular complexity index is 431. The summed E-state index contributed by atoms with van der Waals surface area (Å²) in [7, 11) is 0. The topological polar surface area (TPSA) is 58.6 Å². The predicted molar refractivity (Wildman–Crippen MR) is 64.6 cm³/mol. The van der Waals surface area contributed by atoms with Crippen molar-refractivity contribution in [2.45, 2.75) is 12.1 Å². The Morgan fingerprint density at radius 1 is 1.47 bits per heavy atom. The molecule has 0 aliphatic carbocycles. The lowest BCUT2D eigenvalue weighted by molar-refractivity contribution is -0.144. The summed E-state index contributed by atoms with van der Waals surface area (Å²) in [5.41, 5.74) is 0.774. The molecular weight excluding hydrogens is 265 g/mol. The Morgan fingerprint density at radius 3 is 2.82 bits per heavy atom. The molecule has 92 valence electrons. The van der Waals surface area contributed by atoms with Crippen LogP contribution in [0.3, 0.4) is 0 Å². The van der Waals surface area contributed by atoms with Gasteiger partial charge < -0.3 is 9.84 Å². The fourth-order valence-electron chi connectivity index (χ4n) is 1.71. The molecule has 0 bridgehead atoms. The maximum absolute atomic E-state index is 10.7. The summed E-state index contributed by atoms with van der Waals surface area (Å²) in [4.78, 5) is 10.7. The van der Waals surface area contributed by atoms with Crippen LogP contribution in [0.15, 0.2) is 18.2 Å². The molecule has 1 heterocycles. The summed E-state index contributed by atoms with van der Waals surface area (Å²) >= 11 is 12.0. The minimum absolute atomic E-state index is 0.114. The molecule has 0 aromatic heterocycles. The first-order valence-electron chi connectivity index (χ1n) is 5.11. The SMILES string of the molecule is O=C(O)C1COC(c2cccc(Cl)c2Cl)CN1. The number of morpholine rings is 1. The number of carboxylic acids is 1. The molecule has 4 nitrogen and oxygen atoms in total. The van der Waals surface area contributed by atoms with E-state index in [4.69, 9.17) is 33.0 Å². The number of benzene rings is 1. The standard InChI is InChI=1S/C11H11Cl2NO3/c12-7-3-1-2-6(10(7)13)9-4-14-8(5-17-9)11(15)16/h1-3,8-9,14H,4-5H2,(H,15,16). The summed E-state index contributed by atoms with van der Waals surface area (Å²) in [6.45, 7) is 0.514. The van der Waals surface area contributed by atoms with Gasteiger partial charge in [-0.2, -0.15) is 0 Å². The molecule has 2 rings (SSSR count). The van der Waals surface area contributed by atoms with Crippen molar-refractivity contribution >= 4 is 29.2 Å². The van der Waals surface area contributed by atoms with E-state index in [1.807, 2.05) is 6.07 Å². The van der Waals surface area contributed by atoms with Crippen LogP contribution in [0.1, 0.15) is 11.7 Å². The van der Waals surface area contributed by atoms with Gasteiger partial charge in [-0.15, -0.1) is 0 Å². The van der Waals surface area contributed by atoms with Gasteiger partial charge in [0, 0.05) is 12.1 Å². The van der Waals surface area contributed by atoms with E-state index in [9.17, 15) is 4.79 Å². The number of carboxylic acid groups (broad SMARTS) is 1. The summed E-state index contributed by atoms with van der Waals surface area (Å²) in [5, 5.41) is 12.6. The first kappa shape index (κ1) is 12.6. The number of hydrogen-bond acceptors (Lipinski definition) is 3. The second-order valence-electron chi connectivity index (χ2n) is 3.76. The summed E-state index contributed by atoms with van der Waals surface area (Å²) in [6.07, 6.45) is -0.267. The van der Waals surface area contributed by atoms with Crippen LogP contribution in [0.2, 0.25) is 10.0 Å². The van der Waals surface area contributed by atoms with Crippen molar-refractivity contribution in [3.63, 3.8) is 0 Å². The van der Waals surface area contributed by atoms with Crippen molar-refractivity contribution in [1.29, 1.82) is 0 Å². The van der Waals surface area contributed by atoms with E-state index in [1.54, 1.807) is 12.1 Å². The lowest BCUT2D eigenvalue weighted by Crippen LogP contribution is -2.47. The number of halogens is 2. The van der Waals surface area contributed by atoms with E-state index in [0.717, 1.165) is 5.56 Å². The van der Waals surface area contributed by atoms with E-state index >= 15 is 0 Å². The number of aliphatic carboxylic acids is 1. The zero-order valence-corrected chi connectivity index (χ0v) is 10.3. The number of rotatable bonds is 2. The molecule has 1 saturated heterocycles. The maximum atomic E-state index is 10.7. The second-order valence-corrected chi connectivity index (χ2v) is 4.55. The van der Waals surface area contributed by atoms with Gasteiger partial charge in [-0.3, -0.25) is 10.1 Å². The van der Waals surface area contributed by atoms with Crippen molar-refractivity contribution in [3.8, 4) is 0 Å². The van der Waals surface area contributed by atoms with Crippen LogP contribution in [-0.4, -0.2) is 30.3 Å². The highest BCUT2D eigenvalue weighted by Crippen LogP contribution is 2.32. The van der Waals surface area contributed by atoms with Gasteiger partial charge in [0.1, 0.15) is 6.04 Å². The van der Waals surface area contributed by atoms with Gasteiger partial charge in [0.15, 0.2) is 0 Å². The van der Waals surface area contributed by atoms with Crippen molar-refractivity contribution in [1.82, 2.24) is 5.32 Å². The third-order valence-electron chi connectivity index (χ3n) is 2.64. The van der Waals surface area contributed by atoms with Crippen LogP contribution >= 0.6 is 23.2 Å². The molecule has 2 unspecified atom stereocenters. The monoisotopic (exact) mass is 275 g/mol. The second kappa shape index (κ2) is 5.23. The molecule has 0 spiro atoms. The summed E-state index contributed by atoms with van der Waals surface area (Å²) < 4.78 is 5.49. The largest absolute Gasteiger partial charge is 0.480 e. The van der Waals surface area contributed by atoms with Crippen molar-refractivity contribution < 1.29 is 14.6 Å². The Balaban J connectivity index is 2.10. The lowest BCUT2D eigenvalue weighted by atomic mass is 10.1. The normalized spacial score (nSPS) is 24.6. The van der Waals surface area contributed by atoms with Gasteiger partial charge >= 0.3 is 5.97 Å². The van der Waals surface area contributed by atoms with Crippen LogP contribution in [0, 0.1) is 0 Å². The van der Waals surface area contributed by atoms with Gasteiger partial charge in [0.25, 0.3) is 0 Å². The fourth-order valence-corrected chi connectivity index (χ4v) is 2.14. The van der Waals surface area contributed by atoms with Crippen molar-refractivity contribution in [3.05, 3.63) is 33.8 Å². The molecule has 0 radical (unpaired) electrons. The van der Waals surface area contributed by atoms with Crippen molar-refractivity contribution in [2.75, 3.05) is 13.2 Å². The molecule has 0 saturated carbocycles. The predicted octanol–water partition coefficient (Wildman–Crippen LogP) is 2.11. The quantitative estimate of drug-likeness (QED) is 0.868. The molecule has 1 aromatic carbocycles. The summed E-state index contributed by atoms with van der Waals surface area (Å²) in [6, 6.07) is 4.64. The Kier molecular flexibility index (Phi) is 3.89. The molecule has 1 aliphatic rings. The minimum Gasteiger partial charge on any atom is -0.480 e. The number of carbonyl (C=O) groups is 1. The maximum Gasteiger partial charge on any atom is 0.323 e. The van der Waals surface area contributed by atoms with Crippen LogP contribution in [0.5, 0.6) is 0 Å². The van der Waals surface area contributed by atoms with E-state index in [2.05, 4.69) is 5.32 Å². The first-order chi connectivity index (χ1) is 8.09. The number of ether oxygens (including phenoxy) is 1. The molecule has 1 aromatic rings. The van der Waals surface area contributed by atoms with E-state index in [-0.39, 0.29) is 12.7 Å². The smallest absolute Gasteiger partial charge is 0.323 e. The average Bonchev–Trinajstić information content (AvgIpc) is 2.33. The zero-order valence-electron chi connectivity index (χ0n) is 8.82. The Morgan fingerprint density at radius 2 is 2.24 bits per heavy atom. The Labute approximate surface area is 108 Å². The number of nitrogens with one attached hydrogen (secondary N) is 1. The molecule has 0 amide bonds. The summed E-state index contributed by atoms with van der Waals surface area (Å²) in [5.74, 6) is -0.916. The highest BCUT2D eigenvalue weighted by atomic mass is 35.5. The van der Waals surface area contributed by atoms with Gasteiger partial charge in [0.2, 0.25) is 0 Å². The molecular formula is C11H11Cl2NO3. The lowest BCUT2D eigenvalue weighted by Gasteiger charge is -2.28. The molecule has 2 atom stereocenters. The highest BCUT2D eigenvalue weighted by molar-refractivity contribution is 6.42. The minimum atomic E-state index is -0.916. The number of hydrogen-bond donors (Lipinski definition) is 2. The van der Waals surface area contributed by atoms with Gasteiger partial charge in [0.05, 0.1) is 22.8 Å². The first-order valence-corrected chi connectivity index (χ1v) is 5.87. The fraction of sp³-hybridized carbons (Fsp3) is 0.364. The molecule has 17 heavy (non-hydrogen) atoms. The van der Waals surface area contributed by atoms with Crippen LogP contribution in [0.25, 0.3) is 0 Å². The molecule has 1 aliphatic heterocycles. The van der Waals surface area contributed by atoms with Crippen LogP contribution < -0.4 is 5.32 Å².